The quantitative estimate of drug-likeness (QED) is 0.313. The van der Waals surface area contributed by atoms with Crippen molar-refractivity contribution in [2.75, 3.05) is 0 Å². The summed E-state index contributed by atoms with van der Waals surface area (Å²) >= 11 is 0. The van der Waals surface area contributed by atoms with Gasteiger partial charge in [0.05, 0.1) is 6.10 Å². The van der Waals surface area contributed by atoms with E-state index in [0.717, 1.165) is 30.1 Å². The molecule has 0 aromatic heterocycles. The number of rotatable bonds is 12. The fraction of sp³-hybridized carbons (Fsp3) is 0.857. The lowest BCUT2D eigenvalue weighted by Gasteiger charge is -2.24. The average Bonchev–Trinajstić information content (AvgIpc) is 2.35. The minimum absolute atomic E-state index is 0.0220. The Hall–Kier alpha value is -0.790. The van der Waals surface area contributed by atoms with E-state index in [2.05, 4.69) is 48.1 Å². The highest BCUT2D eigenvalue weighted by Crippen LogP contribution is 2.28. The lowest BCUT2D eigenvalue weighted by atomic mass is 9.83. The van der Waals surface area contributed by atoms with Gasteiger partial charge in [-0.05, 0) is 68.6 Å². The number of ether oxygens (including phenoxy) is 1. The van der Waals surface area contributed by atoms with Gasteiger partial charge in [0.1, 0.15) is 0 Å². The molecule has 5 unspecified atom stereocenters. The summed E-state index contributed by atoms with van der Waals surface area (Å²) in [6, 6.07) is 0. The molecule has 0 N–H and O–H groups in total. The molecular weight excluding hydrogens is 284 g/mol. The van der Waals surface area contributed by atoms with Gasteiger partial charge in [0.2, 0.25) is 0 Å². The van der Waals surface area contributed by atoms with Gasteiger partial charge < -0.3 is 4.74 Å². The Labute approximate surface area is 145 Å². The number of carbonyl (C=O) groups is 1. The maximum Gasteiger partial charge on any atom is 0.330 e. The smallest absolute Gasteiger partial charge is 0.330 e. The van der Waals surface area contributed by atoms with E-state index < -0.39 is 0 Å². The maximum atomic E-state index is 11.2. The Kier molecular flexibility index (Phi) is 11.3. The van der Waals surface area contributed by atoms with Crippen LogP contribution in [0.3, 0.4) is 0 Å². The summed E-state index contributed by atoms with van der Waals surface area (Å²) in [4.78, 5) is 11.2. The summed E-state index contributed by atoms with van der Waals surface area (Å²) in [6.45, 7) is 19.4. The van der Waals surface area contributed by atoms with Crippen molar-refractivity contribution in [3.63, 3.8) is 0 Å². The lowest BCUT2D eigenvalue weighted by molar-refractivity contribution is -0.142. The molecule has 0 aliphatic heterocycles. The van der Waals surface area contributed by atoms with Gasteiger partial charge in [0.25, 0.3) is 0 Å². The highest BCUT2D eigenvalue weighted by molar-refractivity contribution is 5.81. The van der Waals surface area contributed by atoms with Crippen molar-refractivity contribution in [2.24, 2.45) is 29.6 Å². The molecule has 0 radical (unpaired) electrons. The maximum absolute atomic E-state index is 11.2. The highest BCUT2D eigenvalue weighted by Gasteiger charge is 2.17. The minimum atomic E-state index is -0.314. The molecule has 0 saturated heterocycles. The van der Waals surface area contributed by atoms with Gasteiger partial charge in [-0.3, -0.25) is 0 Å². The molecule has 136 valence electrons. The van der Waals surface area contributed by atoms with Crippen LogP contribution in [0.1, 0.15) is 80.6 Å². The van der Waals surface area contributed by atoms with E-state index in [9.17, 15) is 4.79 Å². The third kappa shape index (κ3) is 12.3. The molecule has 0 spiro atoms. The number of carbonyl (C=O) groups excluding carboxylic acids is 1. The van der Waals surface area contributed by atoms with Crippen molar-refractivity contribution < 1.29 is 9.53 Å². The second kappa shape index (κ2) is 11.7. The van der Waals surface area contributed by atoms with Gasteiger partial charge in [0.15, 0.2) is 0 Å². The molecule has 5 atom stereocenters. The summed E-state index contributed by atoms with van der Waals surface area (Å²) in [5, 5.41) is 0. The van der Waals surface area contributed by atoms with Crippen molar-refractivity contribution >= 4 is 5.97 Å². The first-order chi connectivity index (χ1) is 10.6. The fourth-order valence-corrected chi connectivity index (χ4v) is 4.11. The lowest BCUT2D eigenvalue weighted by Crippen LogP contribution is -2.18. The normalized spacial score (nSPS) is 18.1. The van der Waals surface area contributed by atoms with E-state index in [4.69, 9.17) is 4.74 Å². The predicted octanol–water partition coefficient (Wildman–Crippen LogP) is 6.26. The van der Waals surface area contributed by atoms with Crippen LogP contribution >= 0.6 is 0 Å². The third-order valence-electron chi connectivity index (χ3n) is 4.51. The van der Waals surface area contributed by atoms with E-state index in [1.807, 2.05) is 6.92 Å². The molecule has 0 aromatic rings. The Morgan fingerprint density at radius 1 is 0.783 bits per heavy atom. The standard InChI is InChI=1S/C21H40O2/c1-9-21(22)23-20(8)14-19(7)13-18(6)12-17(5)11-16(4)10-15(2)3/h9,15-20H,1,10-14H2,2-8H3. The Morgan fingerprint density at radius 3 is 1.57 bits per heavy atom. The Balaban J connectivity index is 4.05. The van der Waals surface area contributed by atoms with Crippen LogP contribution in [0.15, 0.2) is 12.7 Å². The van der Waals surface area contributed by atoms with Gasteiger partial charge >= 0.3 is 5.97 Å². The van der Waals surface area contributed by atoms with Crippen LogP contribution in [0.2, 0.25) is 0 Å². The first-order valence-electron chi connectivity index (χ1n) is 9.46. The van der Waals surface area contributed by atoms with Crippen LogP contribution < -0.4 is 0 Å². The second-order valence-corrected chi connectivity index (χ2v) is 8.44. The molecule has 0 bridgehead atoms. The SMILES string of the molecule is C=CC(=O)OC(C)CC(C)CC(C)CC(C)CC(C)CC(C)C. The fourth-order valence-electron chi connectivity index (χ4n) is 4.11. The van der Waals surface area contributed by atoms with Gasteiger partial charge in [-0.25, -0.2) is 4.79 Å². The summed E-state index contributed by atoms with van der Waals surface area (Å²) in [6.07, 6.45) is 7.33. The molecule has 0 fully saturated rings. The van der Waals surface area contributed by atoms with Gasteiger partial charge in [-0.2, -0.15) is 0 Å². The minimum Gasteiger partial charge on any atom is -0.460 e. The number of hydrogen-bond donors (Lipinski definition) is 0. The molecule has 0 amide bonds. The number of esters is 1. The van der Waals surface area contributed by atoms with Crippen LogP contribution in [0.4, 0.5) is 0 Å². The zero-order chi connectivity index (χ0) is 18.0. The van der Waals surface area contributed by atoms with Gasteiger partial charge in [0, 0.05) is 6.08 Å². The van der Waals surface area contributed by atoms with Crippen LogP contribution in [-0.4, -0.2) is 12.1 Å². The zero-order valence-electron chi connectivity index (χ0n) is 16.6. The molecule has 0 aromatic carbocycles. The molecular formula is C21H40O2. The largest absolute Gasteiger partial charge is 0.460 e. The first-order valence-corrected chi connectivity index (χ1v) is 9.46. The van der Waals surface area contributed by atoms with Crippen LogP contribution in [-0.2, 0) is 9.53 Å². The zero-order valence-corrected chi connectivity index (χ0v) is 16.6. The van der Waals surface area contributed by atoms with E-state index in [0.29, 0.717) is 5.92 Å². The van der Waals surface area contributed by atoms with Crippen molar-refractivity contribution in [1.29, 1.82) is 0 Å². The van der Waals surface area contributed by atoms with Crippen LogP contribution in [0.25, 0.3) is 0 Å². The van der Waals surface area contributed by atoms with Gasteiger partial charge in [-0.1, -0.05) is 48.1 Å². The summed E-state index contributed by atoms with van der Waals surface area (Å²) in [7, 11) is 0. The molecule has 0 aliphatic rings. The van der Waals surface area contributed by atoms with Crippen molar-refractivity contribution in [2.45, 2.75) is 86.7 Å². The van der Waals surface area contributed by atoms with Crippen molar-refractivity contribution in [1.82, 2.24) is 0 Å². The molecule has 0 saturated carbocycles. The topological polar surface area (TPSA) is 26.3 Å². The van der Waals surface area contributed by atoms with E-state index in [1.165, 1.54) is 31.8 Å². The van der Waals surface area contributed by atoms with E-state index in [-0.39, 0.29) is 12.1 Å². The molecule has 0 rings (SSSR count). The highest BCUT2D eigenvalue weighted by atomic mass is 16.5. The molecule has 2 nitrogen and oxygen atoms in total. The van der Waals surface area contributed by atoms with Crippen LogP contribution in [0, 0.1) is 29.6 Å². The van der Waals surface area contributed by atoms with Crippen molar-refractivity contribution in [3.8, 4) is 0 Å². The molecule has 0 heterocycles. The van der Waals surface area contributed by atoms with E-state index in [1.54, 1.807) is 0 Å². The van der Waals surface area contributed by atoms with E-state index >= 15 is 0 Å². The predicted molar refractivity (Wildman–Crippen MR) is 100 cm³/mol. The summed E-state index contributed by atoms with van der Waals surface area (Å²) in [5.74, 6) is 3.42. The third-order valence-corrected chi connectivity index (χ3v) is 4.51. The average molecular weight is 325 g/mol. The van der Waals surface area contributed by atoms with Gasteiger partial charge in [-0.15, -0.1) is 0 Å². The molecule has 23 heavy (non-hydrogen) atoms. The molecule has 0 aliphatic carbocycles. The Morgan fingerprint density at radius 2 is 1.17 bits per heavy atom. The first kappa shape index (κ1) is 22.2. The van der Waals surface area contributed by atoms with Crippen LogP contribution in [0.5, 0.6) is 0 Å². The number of hydrogen-bond acceptors (Lipinski definition) is 2. The van der Waals surface area contributed by atoms with Crippen molar-refractivity contribution in [3.05, 3.63) is 12.7 Å². The molecule has 2 heteroatoms. The Bertz CT molecular complexity index is 335. The second-order valence-electron chi connectivity index (χ2n) is 8.44. The summed E-state index contributed by atoms with van der Waals surface area (Å²) < 4.78 is 5.27. The monoisotopic (exact) mass is 324 g/mol. The summed E-state index contributed by atoms with van der Waals surface area (Å²) in [5.41, 5.74) is 0.